The van der Waals surface area contributed by atoms with Crippen molar-refractivity contribution in [2.24, 2.45) is 0 Å². The number of nitrogens with zero attached hydrogens (tertiary/aromatic N) is 1. The van der Waals surface area contributed by atoms with Crippen LogP contribution in [0.15, 0.2) is 12.3 Å². The quantitative estimate of drug-likeness (QED) is 0.534. The average Bonchev–Trinajstić information content (AvgIpc) is 2.08. The van der Waals surface area contributed by atoms with Gasteiger partial charge in [-0.2, -0.15) is 0 Å². The molecule has 0 saturated heterocycles. The van der Waals surface area contributed by atoms with Gasteiger partial charge in [0.1, 0.15) is 0 Å². The van der Waals surface area contributed by atoms with Crippen LogP contribution < -0.4 is 5.43 Å². The monoisotopic (exact) mass is 148 g/mol. The van der Waals surface area contributed by atoms with Crippen molar-refractivity contribution in [2.75, 3.05) is 12.8 Å². The second kappa shape index (κ2) is 2.00. The van der Waals surface area contributed by atoms with Crippen molar-refractivity contribution < 1.29 is 8.42 Å². The minimum absolute atomic E-state index is 0.590. The Bertz CT molecular complexity index is 219. The third-order valence-electron chi connectivity index (χ3n) is 0.963. The molecule has 1 aliphatic rings. The lowest BCUT2D eigenvalue weighted by Crippen LogP contribution is -2.33. The molecule has 1 heterocycles. The first kappa shape index (κ1) is 6.57. The molecule has 52 valence electrons. The second-order valence-corrected chi connectivity index (χ2v) is 3.67. The Labute approximate surface area is 54.2 Å². The molecule has 0 unspecified atom stereocenters. The van der Waals surface area contributed by atoms with Gasteiger partial charge >= 0.3 is 0 Å². The summed E-state index contributed by atoms with van der Waals surface area (Å²) in [5.41, 5.74) is 2.63. The molecule has 0 fully saturated rings. The van der Waals surface area contributed by atoms with Crippen LogP contribution in [0.1, 0.15) is 0 Å². The van der Waals surface area contributed by atoms with E-state index in [1.807, 2.05) is 0 Å². The smallest absolute Gasteiger partial charge is 0.217 e. The summed E-state index contributed by atoms with van der Waals surface area (Å²) in [6.45, 7) is 0.590. The average molecular weight is 148 g/mol. The highest BCUT2D eigenvalue weighted by Gasteiger charge is 2.12. The molecule has 0 bridgehead atoms. The van der Waals surface area contributed by atoms with Gasteiger partial charge in [0.2, 0.25) is 10.0 Å². The Balaban J connectivity index is 2.76. The number of hydrogen-bond acceptors (Lipinski definition) is 3. The van der Waals surface area contributed by atoms with Crippen molar-refractivity contribution in [2.45, 2.75) is 0 Å². The maximum atomic E-state index is 10.6. The van der Waals surface area contributed by atoms with E-state index in [4.69, 9.17) is 0 Å². The van der Waals surface area contributed by atoms with Gasteiger partial charge in [0, 0.05) is 12.7 Å². The van der Waals surface area contributed by atoms with Gasteiger partial charge in [0.15, 0.2) is 0 Å². The zero-order chi connectivity index (χ0) is 6.91. The molecule has 0 aromatic carbocycles. The van der Waals surface area contributed by atoms with Gasteiger partial charge in [-0.1, -0.05) is 6.08 Å². The first-order valence-corrected chi connectivity index (χ1v) is 4.35. The van der Waals surface area contributed by atoms with E-state index in [0.717, 1.165) is 10.7 Å². The summed E-state index contributed by atoms with van der Waals surface area (Å²) in [6, 6.07) is 0. The lowest BCUT2D eigenvalue weighted by atomic mass is 10.7. The summed E-state index contributed by atoms with van der Waals surface area (Å²) in [4.78, 5) is 0. The Kier molecular flexibility index (Phi) is 1.46. The van der Waals surface area contributed by atoms with Gasteiger partial charge in [-0.05, 0) is 0 Å². The van der Waals surface area contributed by atoms with E-state index >= 15 is 0 Å². The standard InChI is InChI=1S/C4H8N2O2S/c1-9(7,8)6-4-2-3-5-6/h2,4-5H,3H2,1H3. The van der Waals surface area contributed by atoms with Gasteiger partial charge < -0.3 is 0 Å². The zero-order valence-corrected chi connectivity index (χ0v) is 5.85. The molecule has 1 N–H and O–H groups in total. The minimum atomic E-state index is -3.07. The molecule has 5 heteroatoms. The van der Waals surface area contributed by atoms with E-state index in [1.165, 1.54) is 6.20 Å². The highest BCUT2D eigenvalue weighted by atomic mass is 32.2. The van der Waals surface area contributed by atoms with Crippen molar-refractivity contribution in [1.29, 1.82) is 0 Å². The fourth-order valence-corrected chi connectivity index (χ4v) is 1.19. The molecule has 0 aromatic rings. The Morgan fingerprint density at radius 3 is 2.56 bits per heavy atom. The van der Waals surface area contributed by atoms with Crippen LogP contribution in [0.4, 0.5) is 0 Å². The normalized spacial score (nSPS) is 19.0. The first-order chi connectivity index (χ1) is 4.11. The number of nitrogens with one attached hydrogen (secondary N) is 1. The fourth-order valence-electron chi connectivity index (χ4n) is 0.572. The van der Waals surface area contributed by atoms with Crippen LogP contribution in [-0.2, 0) is 10.0 Å². The van der Waals surface area contributed by atoms with E-state index in [-0.39, 0.29) is 0 Å². The molecular formula is C4H8N2O2S. The molecule has 4 nitrogen and oxygen atoms in total. The predicted molar refractivity (Wildman–Crippen MR) is 33.8 cm³/mol. The molecular weight excluding hydrogens is 140 g/mol. The van der Waals surface area contributed by atoms with Crippen molar-refractivity contribution in [3.63, 3.8) is 0 Å². The van der Waals surface area contributed by atoms with E-state index in [2.05, 4.69) is 5.43 Å². The number of hydrazine groups is 1. The molecule has 0 aliphatic carbocycles. The molecule has 1 aliphatic heterocycles. The second-order valence-electron chi connectivity index (χ2n) is 1.81. The number of sulfonamides is 1. The summed E-state index contributed by atoms with van der Waals surface area (Å²) in [5, 5.41) is 0. The summed E-state index contributed by atoms with van der Waals surface area (Å²) >= 11 is 0. The lowest BCUT2D eigenvalue weighted by molar-refractivity contribution is 0.447. The summed E-state index contributed by atoms with van der Waals surface area (Å²) in [6.07, 6.45) is 4.38. The lowest BCUT2D eigenvalue weighted by Gasteiger charge is -2.11. The largest absolute Gasteiger partial charge is 0.245 e. The van der Waals surface area contributed by atoms with Gasteiger partial charge in [0.05, 0.1) is 6.26 Å². The Hall–Kier alpha value is -0.550. The Morgan fingerprint density at radius 1 is 1.67 bits per heavy atom. The highest BCUT2D eigenvalue weighted by molar-refractivity contribution is 7.88. The van der Waals surface area contributed by atoms with Crippen LogP contribution in [0, 0.1) is 0 Å². The first-order valence-electron chi connectivity index (χ1n) is 2.50. The molecule has 9 heavy (non-hydrogen) atoms. The van der Waals surface area contributed by atoms with Gasteiger partial charge in [-0.15, -0.1) is 0 Å². The third kappa shape index (κ3) is 1.43. The maximum Gasteiger partial charge on any atom is 0.245 e. The summed E-state index contributed by atoms with van der Waals surface area (Å²) in [7, 11) is -3.07. The zero-order valence-electron chi connectivity index (χ0n) is 5.03. The molecule has 0 spiro atoms. The van der Waals surface area contributed by atoms with E-state index in [9.17, 15) is 8.42 Å². The molecule has 1 rings (SSSR count). The van der Waals surface area contributed by atoms with E-state index in [1.54, 1.807) is 6.08 Å². The van der Waals surface area contributed by atoms with Crippen molar-refractivity contribution in [3.05, 3.63) is 12.3 Å². The van der Waals surface area contributed by atoms with Crippen molar-refractivity contribution in [1.82, 2.24) is 9.84 Å². The number of rotatable bonds is 1. The number of hydrogen-bond donors (Lipinski definition) is 1. The SMILES string of the molecule is CS(=O)(=O)N1C=CCN1. The van der Waals surface area contributed by atoms with E-state index < -0.39 is 10.0 Å². The van der Waals surface area contributed by atoms with Gasteiger partial charge in [0.25, 0.3) is 0 Å². The van der Waals surface area contributed by atoms with Crippen LogP contribution in [0.2, 0.25) is 0 Å². The van der Waals surface area contributed by atoms with Crippen LogP contribution in [-0.4, -0.2) is 25.6 Å². The van der Waals surface area contributed by atoms with Crippen LogP contribution in [0.25, 0.3) is 0 Å². The van der Waals surface area contributed by atoms with Crippen LogP contribution in [0.5, 0.6) is 0 Å². The van der Waals surface area contributed by atoms with Crippen LogP contribution in [0.3, 0.4) is 0 Å². The summed E-state index contributed by atoms with van der Waals surface area (Å²) < 4.78 is 22.4. The fraction of sp³-hybridized carbons (Fsp3) is 0.500. The highest BCUT2D eigenvalue weighted by Crippen LogP contribution is 1.98. The van der Waals surface area contributed by atoms with Crippen LogP contribution >= 0.6 is 0 Å². The summed E-state index contributed by atoms with van der Waals surface area (Å²) in [5.74, 6) is 0. The molecule has 0 atom stereocenters. The Morgan fingerprint density at radius 2 is 2.33 bits per heavy atom. The molecule has 0 radical (unpaired) electrons. The molecule has 0 saturated carbocycles. The maximum absolute atomic E-state index is 10.6. The van der Waals surface area contributed by atoms with E-state index in [0.29, 0.717) is 6.54 Å². The minimum Gasteiger partial charge on any atom is -0.217 e. The molecule has 0 aromatic heterocycles. The molecule has 0 amide bonds. The van der Waals surface area contributed by atoms with Gasteiger partial charge in [-0.3, -0.25) is 0 Å². The van der Waals surface area contributed by atoms with Gasteiger partial charge in [-0.25, -0.2) is 18.3 Å². The van der Waals surface area contributed by atoms with Crippen molar-refractivity contribution in [3.8, 4) is 0 Å². The van der Waals surface area contributed by atoms with Crippen molar-refractivity contribution >= 4 is 10.0 Å². The predicted octanol–water partition coefficient (Wildman–Crippen LogP) is -0.720. The topological polar surface area (TPSA) is 49.4 Å². The third-order valence-corrected chi connectivity index (χ3v) is 1.93.